The third kappa shape index (κ3) is 4.35. The maximum atomic E-state index is 12.5. The summed E-state index contributed by atoms with van der Waals surface area (Å²) in [6, 6.07) is 8.76. The zero-order valence-electron chi connectivity index (χ0n) is 14.3. The normalized spacial score (nSPS) is 14.0. The van der Waals surface area contributed by atoms with Crippen LogP contribution in [-0.2, 0) is 4.79 Å². The topological polar surface area (TPSA) is 74.3 Å². The van der Waals surface area contributed by atoms with E-state index in [1.165, 1.54) is 26.2 Å². The second-order valence-electron chi connectivity index (χ2n) is 6.15. The Labute approximate surface area is 147 Å². The number of aromatic nitrogens is 1. The maximum absolute atomic E-state index is 12.5. The van der Waals surface area contributed by atoms with Gasteiger partial charge in [-0.1, -0.05) is 0 Å². The third-order valence-corrected chi connectivity index (χ3v) is 4.21. The highest BCUT2D eigenvalue weighted by atomic mass is 16.2. The van der Waals surface area contributed by atoms with Crippen LogP contribution in [0.2, 0.25) is 0 Å². The van der Waals surface area contributed by atoms with E-state index in [1.807, 2.05) is 6.07 Å². The van der Waals surface area contributed by atoms with E-state index in [0.717, 1.165) is 24.5 Å². The molecule has 0 radical (unpaired) electrons. The lowest BCUT2D eigenvalue weighted by Gasteiger charge is -2.30. The van der Waals surface area contributed by atoms with Crippen molar-refractivity contribution in [2.45, 2.75) is 26.2 Å². The molecular weight excluding hydrogens is 316 g/mol. The van der Waals surface area contributed by atoms with Gasteiger partial charge in [-0.05, 0) is 49.6 Å². The summed E-state index contributed by atoms with van der Waals surface area (Å²) in [5.74, 6) is -0.334. The van der Waals surface area contributed by atoms with E-state index in [9.17, 15) is 9.59 Å². The quantitative estimate of drug-likeness (QED) is 0.897. The Balaban J connectivity index is 1.73. The number of benzene rings is 1. The van der Waals surface area contributed by atoms with E-state index in [-0.39, 0.29) is 11.8 Å². The lowest BCUT2D eigenvalue weighted by molar-refractivity contribution is -0.114. The van der Waals surface area contributed by atoms with Crippen molar-refractivity contribution in [3.8, 4) is 0 Å². The highest BCUT2D eigenvalue weighted by Gasteiger charge is 2.16. The van der Waals surface area contributed by atoms with Gasteiger partial charge in [-0.2, -0.15) is 0 Å². The Morgan fingerprint density at radius 2 is 1.72 bits per heavy atom. The highest BCUT2D eigenvalue weighted by Crippen LogP contribution is 2.27. The van der Waals surface area contributed by atoms with Gasteiger partial charge in [0.2, 0.25) is 5.91 Å². The summed E-state index contributed by atoms with van der Waals surface area (Å²) in [6.45, 7) is 3.45. The number of nitrogens with one attached hydrogen (secondary N) is 2. The van der Waals surface area contributed by atoms with Gasteiger partial charge in [0.1, 0.15) is 0 Å². The summed E-state index contributed by atoms with van der Waals surface area (Å²) in [7, 11) is 0. The highest BCUT2D eigenvalue weighted by molar-refractivity contribution is 6.06. The molecule has 3 rings (SSSR count). The van der Waals surface area contributed by atoms with Crippen molar-refractivity contribution in [3.63, 3.8) is 0 Å². The summed E-state index contributed by atoms with van der Waals surface area (Å²) in [4.78, 5) is 30.0. The van der Waals surface area contributed by atoms with Gasteiger partial charge in [-0.3, -0.25) is 14.6 Å². The molecule has 2 amide bonds. The number of hydrogen-bond donors (Lipinski definition) is 2. The monoisotopic (exact) mass is 338 g/mol. The van der Waals surface area contributed by atoms with Gasteiger partial charge in [-0.25, -0.2) is 0 Å². The van der Waals surface area contributed by atoms with Crippen LogP contribution in [0.4, 0.5) is 17.1 Å². The van der Waals surface area contributed by atoms with Crippen LogP contribution < -0.4 is 15.5 Å². The standard InChI is InChI=1S/C19H22N4O2/c1-14(24)21-16-7-5-15(6-8-16)19(25)22-17-13-20-10-9-18(17)23-11-3-2-4-12-23/h5-10,13H,2-4,11-12H2,1H3,(H,21,24)(H,22,25). The number of anilines is 3. The summed E-state index contributed by atoms with van der Waals surface area (Å²) < 4.78 is 0. The number of amides is 2. The van der Waals surface area contributed by atoms with Gasteiger partial charge in [0.15, 0.2) is 0 Å². The number of pyridine rings is 1. The SMILES string of the molecule is CC(=O)Nc1ccc(C(=O)Nc2cnccc2N2CCCCC2)cc1. The van der Waals surface area contributed by atoms with Gasteiger partial charge in [0, 0.05) is 37.5 Å². The summed E-state index contributed by atoms with van der Waals surface area (Å²) in [6.07, 6.45) is 7.03. The minimum atomic E-state index is -0.194. The molecule has 1 aromatic heterocycles. The first-order valence-electron chi connectivity index (χ1n) is 8.51. The molecule has 1 aromatic carbocycles. The molecule has 0 atom stereocenters. The van der Waals surface area contributed by atoms with Gasteiger partial charge in [0.05, 0.1) is 17.6 Å². The predicted octanol–water partition coefficient (Wildman–Crippen LogP) is 3.28. The molecule has 25 heavy (non-hydrogen) atoms. The Morgan fingerprint density at radius 1 is 1.00 bits per heavy atom. The molecule has 0 unspecified atom stereocenters. The number of carbonyl (C=O) groups excluding carboxylic acids is 2. The molecule has 0 spiro atoms. The molecule has 0 bridgehead atoms. The second kappa shape index (κ2) is 7.79. The number of rotatable bonds is 4. The van der Waals surface area contributed by atoms with E-state index in [2.05, 4.69) is 20.5 Å². The van der Waals surface area contributed by atoms with Crippen molar-refractivity contribution in [3.05, 3.63) is 48.3 Å². The Kier molecular flexibility index (Phi) is 5.28. The third-order valence-electron chi connectivity index (χ3n) is 4.21. The zero-order chi connectivity index (χ0) is 17.6. The van der Waals surface area contributed by atoms with Crippen LogP contribution in [0.1, 0.15) is 36.5 Å². The molecule has 2 aromatic rings. The molecule has 6 nitrogen and oxygen atoms in total. The van der Waals surface area contributed by atoms with Gasteiger partial charge < -0.3 is 15.5 Å². The molecule has 2 heterocycles. The molecule has 1 aliphatic rings. The van der Waals surface area contributed by atoms with E-state index >= 15 is 0 Å². The molecule has 1 saturated heterocycles. The minimum absolute atomic E-state index is 0.140. The maximum Gasteiger partial charge on any atom is 0.255 e. The van der Waals surface area contributed by atoms with Gasteiger partial charge >= 0.3 is 0 Å². The summed E-state index contributed by atoms with van der Waals surface area (Å²) in [5.41, 5.74) is 2.93. The van der Waals surface area contributed by atoms with Gasteiger partial charge in [-0.15, -0.1) is 0 Å². The van der Waals surface area contributed by atoms with Crippen LogP contribution in [0.25, 0.3) is 0 Å². The fourth-order valence-corrected chi connectivity index (χ4v) is 3.00. The summed E-state index contributed by atoms with van der Waals surface area (Å²) in [5, 5.41) is 5.64. The van der Waals surface area contributed by atoms with Crippen LogP contribution in [0.3, 0.4) is 0 Å². The van der Waals surface area contributed by atoms with Crippen molar-refractivity contribution in [1.82, 2.24) is 4.98 Å². The molecule has 0 aliphatic carbocycles. The minimum Gasteiger partial charge on any atom is -0.370 e. The fraction of sp³-hybridized carbons (Fsp3) is 0.316. The van der Waals surface area contributed by atoms with Crippen LogP contribution in [-0.4, -0.2) is 29.9 Å². The van der Waals surface area contributed by atoms with E-state index in [1.54, 1.807) is 36.7 Å². The number of carbonyl (C=O) groups is 2. The number of nitrogens with zero attached hydrogens (tertiary/aromatic N) is 2. The molecule has 6 heteroatoms. The smallest absolute Gasteiger partial charge is 0.255 e. The molecule has 0 saturated carbocycles. The predicted molar refractivity (Wildman–Crippen MR) is 99.0 cm³/mol. The largest absolute Gasteiger partial charge is 0.370 e. The Bertz CT molecular complexity index is 752. The molecular formula is C19H22N4O2. The Hall–Kier alpha value is -2.89. The van der Waals surface area contributed by atoms with Crippen LogP contribution in [0.5, 0.6) is 0 Å². The first kappa shape index (κ1) is 17.0. The fourth-order valence-electron chi connectivity index (χ4n) is 3.00. The first-order chi connectivity index (χ1) is 12.1. The van der Waals surface area contributed by atoms with Crippen molar-refractivity contribution in [2.75, 3.05) is 28.6 Å². The first-order valence-corrected chi connectivity index (χ1v) is 8.51. The average Bonchev–Trinajstić information content (AvgIpc) is 2.63. The lowest BCUT2D eigenvalue weighted by Crippen LogP contribution is -2.30. The molecule has 1 aliphatic heterocycles. The average molecular weight is 338 g/mol. The van der Waals surface area contributed by atoms with E-state index < -0.39 is 0 Å². The molecule has 2 N–H and O–H groups in total. The molecule has 1 fully saturated rings. The summed E-state index contributed by atoms with van der Waals surface area (Å²) >= 11 is 0. The van der Waals surface area contributed by atoms with E-state index in [0.29, 0.717) is 11.3 Å². The lowest BCUT2D eigenvalue weighted by atomic mass is 10.1. The zero-order valence-corrected chi connectivity index (χ0v) is 14.3. The van der Waals surface area contributed by atoms with Crippen LogP contribution in [0, 0.1) is 0 Å². The van der Waals surface area contributed by atoms with Crippen molar-refractivity contribution < 1.29 is 9.59 Å². The van der Waals surface area contributed by atoms with Crippen molar-refractivity contribution in [1.29, 1.82) is 0 Å². The Morgan fingerprint density at radius 3 is 2.40 bits per heavy atom. The second-order valence-corrected chi connectivity index (χ2v) is 6.15. The van der Waals surface area contributed by atoms with Crippen molar-refractivity contribution in [2.24, 2.45) is 0 Å². The molecule has 130 valence electrons. The van der Waals surface area contributed by atoms with Crippen LogP contribution >= 0.6 is 0 Å². The van der Waals surface area contributed by atoms with Crippen LogP contribution in [0.15, 0.2) is 42.7 Å². The van der Waals surface area contributed by atoms with Crippen molar-refractivity contribution >= 4 is 28.9 Å². The number of hydrogen-bond acceptors (Lipinski definition) is 4. The van der Waals surface area contributed by atoms with Gasteiger partial charge in [0.25, 0.3) is 5.91 Å². The number of piperidine rings is 1. The van der Waals surface area contributed by atoms with E-state index in [4.69, 9.17) is 0 Å².